The molecule has 8 heteroatoms. The lowest BCUT2D eigenvalue weighted by Crippen LogP contribution is -2.35. The van der Waals surface area contributed by atoms with E-state index in [1.807, 2.05) is 20.0 Å². The number of nitrogens with zero attached hydrogens (tertiary/aromatic N) is 1. The number of hydrogen-bond donors (Lipinski definition) is 3. The number of rotatable bonds is 6. The van der Waals surface area contributed by atoms with Crippen LogP contribution in [0.15, 0.2) is 46.5 Å². The number of H-pyrrole nitrogens is 1. The Morgan fingerprint density at radius 1 is 1.21 bits per heavy atom. The predicted molar refractivity (Wildman–Crippen MR) is 92.3 cm³/mol. The van der Waals surface area contributed by atoms with Crippen LogP contribution in [0.3, 0.4) is 0 Å². The van der Waals surface area contributed by atoms with E-state index in [0.29, 0.717) is 5.71 Å². The lowest BCUT2D eigenvalue weighted by molar-refractivity contribution is -0.119. The summed E-state index contributed by atoms with van der Waals surface area (Å²) in [6.45, 7) is 5.24. The summed E-state index contributed by atoms with van der Waals surface area (Å²) in [6.07, 6.45) is 1.86. The van der Waals surface area contributed by atoms with Crippen LogP contribution in [0.2, 0.25) is 0 Å². The molecule has 0 radical (unpaired) electrons. The molecule has 1 aromatic carbocycles. The Morgan fingerprint density at radius 2 is 1.88 bits per heavy atom. The molecule has 0 atom stereocenters. The van der Waals surface area contributed by atoms with Crippen LogP contribution in [-0.4, -0.2) is 31.6 Å². The van der Waals surface area contributed by atoms with Crippen molar-refractivity contribution in [1.82, 2.24) is 15.1 Å². The van der Waals surface area contributed by atoms with E-state index in [4.69, 9.17) is 0 Å². The Morgan fingerprint density at radius 3 is 2.46 bits per heavy atom. The first-order valence-electron chi connectivity index (χ1n) is 7.34. The quantitative estimate of drug-likeness (QED) is 0.544. The van der Waals surface area contributed by atoms with Gasteiger partial charge in [0.05, 0.1) is 17.2 Å². The molecule has 7 nitrogen and oxygen atoms in total. The van der Waals surface area contributed by atoms with Crippen molar-refractivity contribution in [2.75, 3.05) is 6.54 Å². The fourth-order valence-corrected chi connectivity index (χ4v) is 3.30. The van der Waals surface area contributed by atoms with Gasteiger partial charge in [-0.25, -0.2) is 18.6 Å². The number of hydrogen-bond acceptors (Lipinski definition) is 4. The van der Waals surface area contributed by atoms with Crippen LogP contribution in [0.1, 0.15) is 23.7 Å². The van der Waals surface area contributed by atoms with E-state index in [-0.39, 0.29) is 11.4 Å². The molecule has 1 amide bonds. The zero-order valence-corrected chi connectivity index (χ0v) is 14.6. The smallest absolute Gasteiger partial charge is 0.255 e. The number of hydrazone groups is 1. The Balaban J connectivity index is 1.96. The summed E-state index contributed by atoms with van der Waals surface area (Å²) in [5.74, 6) is -0.542. The van der Waals surface area contributed by atoms with Crippen molar-refractivity contribution in [2.24, 2.45) is 5.10 Å². The van der Waals surface area contributed by atoms with Gasteiger partial charge in [-0.1, -0.05) is 18.2 Å². The van der Waals surface area contributed by atoms with Gasteiger partial charge in [-0.3, -0.25) is 4.79 Å². The van der Waals surface area contributed by atoms with Crippen molar-refractivity contribution in [3.63, 3.8) is 0 Å². The summed E-state index contributed by atoms with van der Waals surface area (Å²) in [5, 5.41) is 4.02. The molecule has 0 saturated heterocycles. The highest BCUT2D eigenvalue weighted by atomic mass is 32.2. The maximum absolute atomic E-state index is 12.0. The van der Waals surface area contributed by atoms with Crippen molar-refractivity contribution in [2.45, 2.75) is 25.7 Å². The molecule has 0 aliphatic rings. The number of aromatic amines is 1. The van der Waals surface area contributed by atoms with E-state index >= 15 is 0 Å². The maximum atomic E-state index is 12.0. The van der Waals surface area contributed by atoms with Crippen LogP contribution in [-0.2, 0) is 14.8 Å². The second-order valence-corrected chi connectivity index (χ2v) is 7.11. The zero-order valence-electron chi connectivity index (χ0n) is 13.8. The van der Waals surface area contributed by atoms with Crippen molar-refractivity contribution in [3.05, 3.63) is 53.3 Å². The Labute approximate surface area is 141 Å². The molecule has 1 aromatic heterocycles. The highest BCUT2D eigenvalue weighted by Crippen LogP contribution is 2.13. The van der Waals surface area contributed by atoms with Gasteiger partial charge in [0.2, 0.25) is 10.0 Å². The molecule has 2 aromatic rings. The van der Waals surface area contributed by atoms with Crippen molar-refractivity contribution in [3.8, 4) is 0 Å². The monoisotopic (exact) mass is 348 g/mol. The standard InChI is InChI=1S/C16H20N4O3S/c1-11-9-17-12(2)16(11)13(3)19-20-15(21)10-18-24(22,23)14-7-5-4-6-8-14/h4-9,17-18H,10H2,1-3H3,(H,20,21)/b19-13+. The lowest BCUT2D eigenvalue weighted by Gasteiger charge is -2.06. The molecule has 0 aliphatic heterocycles. The fourth-order valence-electron chi connectivity index (χ4n) is 2.30. The van der Waals surface area contributed by atoms with E-state index in [2.05, 4.69) is 20.2 Å². The largest absolute Gasteiger partial charge is 0.364 e. The van der Waals surface area contributed by atoms with Gasteiger partial charge in [0, 0.05) is 17.5 Å². The molecule has 0 fully saturated rings. The fraction of sp³-hybridized carbons (Fsp3) is 0.250. The molecular weight excluding hydrogens is 328 g/mol. The van der Waals surface area contributed by atoms with Gasteiger partial charge in [0.15, 0.2) is 0 Å². The molecule has 0 spiro atoms. The van der Waals surface area contributed by atoms with Crippen LogP contribution in [0.25, 0.3) is 0 Å². The number of carbonyl (C=O) groups excluding carboxylic acids is 1. The third kappa shape index (κ3) is 4.30. The van der Waals surface area contributed by atoms with E-state index in [1.165, 1.54) is 12.1 Å². The van der Waals surface area contributed by atoms with E-state index in [1.54, 1.807) is 25.1 Å². The van der Waals surface area contributed by atoms with Gasteiger partial charge in [-0.2, -0.15) is 5.10 Å². The van der Waals surface area contributed by atoms with Gasteiger partial charge in [0.1, 0.15) is 0 Å². The average molecular weight is 348 g/mol. The SMILES string of the molecule is C/C(=N\NC(=O)CNS(=O)(=O)c1ccccc1)c1c(C)c[nH]c1C. The average Bonchev–Trinajstić information content (AvgIpc) is 2.90. The van der Waals surface area contributed by atoms with Crippen molar-refractivity contribution in [1.29, 1.82) is 0 Å². The summed E-state index contributed by atoms with van der Waals surface area (Å²) in [6, 6.07) is 7.86. The molecule has 0 aliphatic carbocycles. The van der Waals surface area contributed by atoms with Crippen LogP contribution < -0.4 is 10.1 Å². The second-order valence-electron chi connectivity index (χ2n) is 5.34. The molecule has 2 rings (SSSR count). The predicted octanol–water partition coefficient (Wildman–Crippen LogP) is 1.45. The molecule has 128 valence electrons. The third-order valence-corrected chi connectivity index (χ3v) is 4.88. The van der Waals surface area contributed by atoms with Crippen LogP contribution in [0, 0.1) is 13.8 Å². The van der Waals surface area contributed by atoms with Gasteiger partial charge in [0.25, 0.3) is 5.91 Å². The minimum absolute atomic E-state index is 0.107. The maximum Gasteiger partial charge on any atom is 0.255 e. The zero-order chi connectivity index (χ0) is 17.7. The van der Waals surface area contributed by atoms with Gasteiger partial charge in [-0.05, 0) is 38.5 Å². The normalized spacial score (nSPS) is 12.2. The van der Waals surface area contributed by atoms with Crippen LogP contribution >= 0.6 is 0 Å². The van der Waals surface area contributed by atoms with E-state index in [0.717, 1.165) is 16.8 Å². The Bertz CT molecular complexity index is 835. The highest BCUT2D eigenvalue weighted by molar-refractivity contribution is 7.89. The van der Waals surface area contributed by atoms with Crippen LogP contribution in [0.5, 0.6) is 0 Å². The summed E-state index contributed by atoms with van der Waals surface area (Å²) in [4.78, 5) is 15.0. The molecule has 0 bridgehead atoms. The topological polar surface area (TPSA) is 103 Å². The molecule has 0 unspecified atom stereocenters. The number of carbonyl (C=O) groups is 1. The second kappa shape index (κ2) is 7.41. The lowest BCUT2D eigenvalue weighted by atomic mass is 10.1. The molecule has 3 N–H and O–H groups in total. The number of amides is 1. The first-order chi connectivity index (χ1) is 11.3. The minimum atomic E-state index is -3.71. The summed E-state index contributed by atoms with van der Waals surface area (Å²) in [5.41, 5.74) is 5.90. The number of aromatic nitrogens is 1. The Hall–Kier alpha value is -2.45. The molecule has 1 heterocycles. The number of sulfonamides is 1. The van der Waals surface area contributed by atoms with Crippen LogP contribution in [0.4, 0.5) is 0 Å². The summed E-state index contributed by atoms with van der Waals surface area (Å²) >= 11 is 0. The number of benzene rings is 1. The van der Waals surface area contributed by atoms with E-state index < -0.39 is 15.9 Å². The van der Waals surface area contributed by atoms with E-state index in [9.17, 15) is 13.2 Å². The van der Waals surface area contributed by atoms with Crippen molar-refractivity contribution >= 4 is 21.6 Å². The first kappa shape index (κ1) is 17.9. The molecule has 0 saturated carbocycles. The summed E-state index contributed by atoms with van der Waals surface area (Å²) in [7, 11) is -3.71. The third-order valence-electron chi connectivity index (χ3n) is 3.46. The Kier molecular flexibility index (Phi) is 5.53. The van der Waals surface area contributed by atoms with Gasteiger partial charge >= 0.3 is 0 Å². The number of nitrogens with one attached hydrogen (secondary N) is 3. The van der Waals surface area contributed by atoms with Gasteiger partial charge < -0.3 is 4.98 Å². The minimum Gasteiger partial charge on any atom is -0.364 e. The highest BCUT2D eigenvalue weighted by Gasteiger charge is 2.15. The van der Waals surface area contributed by atoms with Gasteiger partial charge in [-0.15, -0.1) is 0 Å². The molecular formula is C16H20N4O3S. The molecule has 24 heavy (non-hydrogen) atoms. The summed E-state index contributed by atoms with van der Waals surface area (Å²) < 4.78 is 26.3. The van der Waals surface area contributed by atoms with Crippen molar-refractivity contribution < 1.29 is 13.2 Å². The first-order valence-corrected chi connectivity index (χ1v) is 8.82. The number of aryl methyl sites for hydroxylation is 2.